The van der Waals surface area contributed by atoms with Crippen molar-refractivity contribution < 1.29 is 19.4 Å². The van der Waals surface area contributed by atoms with Crippen molar-refractivity contribution in [3.63, 3.8) is 0 Å². The highest BCUT2D eigenvalue weighted by molar-refractivity contribution is 9.10. The molecule has 1 aromatic carbocycles. The number of aromatic nitrogens is 2. The molecule has 1 saturated heterocycles. The van der Waals surface area contributed by atoms with E-state index in [0.717, 1.165) is 53.2 Å². The predicted molar refractivity (Wildman–Crippen MR) is 101 cm³/mol. The maximum atomic E-state index is 10.6. The molecule has 8 heteroatoms. The number of benzene rings is 1. The second-order valence-corrected chi connectivity index (χ2v) is 8.14. The van der Waals surface area contributed by atoms with Crippen molar-refractivity contribution in [3.05, 3.63) is 27.3 Å². The topological polar surface area (TPSA) is 73.6 Å². The summed E-state index contributed by atoms with van der Waals surface area (Å²) in [6.45, 7) is 0.942. The molecule has 6 nitrogen and oxygen atoms in total. The van der Waals surface area contributed by atoms with Crippen LogP contribution < -0.4 is 0 Å². The van der Waals surface area contributed by atoms with Crippen LogP contribution >= 0.6 is 27.5 Å². The van der Waals surface area contributed by atoms with Crippen molar-refractivity contribution in [2.45, 2.75) is 37.8 Å². The summed E-state index contributed by atoms with van der Waals surface area (Å²) in [5.74, 6) is -0.359. The number of hydrogen-bond acceptors (Lipinski definition) is 4. The molecule has 1 N–H and O–H groups in total. The number of carboxylic acids is 1. The van der Waals surface area contributed by atoms with E-state index in [0.29, 0.717) is 17.5 Å². The van der Waals surface area contributed by atoms with Crippen LogP contribution in [0.3, 0.4) is 0 Å². The van der Waals surface area contributed by atoms with Gasteiger partial charge in [-0.2, -0.15) is 5.10 Å². The molecule has 0 spiro atoms. The van der Waals surface area contributed by atoms with Crippen LogP contribution in [0.15, 0.2) is 16.7 Å². The molecule has 0 radical (unpaired) electrons. The zero-order valence-corrected chi connectivity index (χ0v) is 16.5. The van der Waals surface area contributed by atoms with Crippen molar-refractivity contribution in [1.29, 1.82) is 0 Å². The summed E-state index contributed by atoms with van der Waals surface area (Å²) in [6.07, 6.45) is 5.96. The normalized spacial score (nSPS) is 25.5. The Morgan fingerprint density at radius 1 is 1.50 bits per heavy atom. The van der Waals surface area contributed by atoms with Gasteiger partial charge in [0, 0.05) is 21.5 Å². The summed E-state index contributed by atoms with van der Waals surface area (Å²) >= 11 is 10.3. The molecule has 1 aliphatic carbocycles. The molecule has 4 rings (SSSR count). The van der Waals surface area contributed by atoms with E-state index < -0.39 is 5.97 Å². The van der Waals surface area contributed by atoms with E-state index in [1.165, 1.54) is 0 Å². The van der Waals surface area contributed by atoms with Gasteiger partial charge in [-0.05, 0) is 65.1 Å². The third kappa shape index (κ3) is 3.50. The van der Waals surface area contributed by atoms with Crippen LogP contribution in [0.25, 0.3) is 10.9 Å². The minimum atomic E-state index is -0.944. The first-order chi connectivity index (χ1) is 12.6. The van der Waals surface area contributed by atoms with Crippen molar-refractivity contribution >= 4 is 44.4 Å². The number of carbonyl (C=O) groups is 1. The fraction of sp³-hybridized carbons (Fsp3) is 0.556. The van der Waals surface area contributed by atoms with Gasteiger partial charge in [0.05, 0.1) is 18.3 Å². The third-order valence-electron chi connectivity index (χ3n) is 5.11. The Morgan fingerprint density at radius 3 is 3.08 bits per heavy atom. The molecule has 2 fully saturated rings. The Morgan fingerprint density at radius 2 is 2.35 bits per heavy atom. The van der Waals surface area contributed by atoms with E-state index in [1.807, 2.05) is 16.9 Å². The van der Waals surface area contributed by atoms with Gasteiger partial charge in [-0.1, -0.05) is 11.6 Å². The van der Waals surface area contributed by atoms with Crippen molar-refractivity contribution in [2.75, 3.05) is 19.8 Å². The van der Waals surface area contributed by atoms with E-state index in [-0.39, 0.29) is 18.8 Å². The number of halogens is 2. The first kappa shape index (κ1) is 18.2. The largest absolute Gasteiger partial charge is 0.480 e. The summed E-state index contributed by atoms with van der Waals surface area (Å²) in [5.41, 5.74) is 2.03. The summed E-state index contributed by atoms with van der Waals surface area (Å²) in [7, 11) is 0. The highest BCUT2D eigenvalue weighted by Crippen LogP contribution is 2.53. The summed E-state index contributed by atoms with van der Waals surface area (Å²) < 4.78 is 14.0. The van der Waals surface area contributed by atoms with Crippen molar-refractivity contribution in [2.24, 2.45) is 5.92 Å². The minimum Gasteiger partial charge on any atom is -0.480 e. The van der Waals surface area contributed by atoms with Crippen LogP contribution in [0.1, 0.15) is 43.4 Å². The Kier molecular flexibility index (Phi) is 5.23. The first-order valence-corrected chi connectivity index (χ1v) is 9.99. The smallest absolute Gasteiger partial charge is 0.329 e. The van der Waals surface area contributed by atoms with Crippen LogP contribution in [0.2, 0.25) is 5.02 Å². The average Bonchev–Trinajstić information content (AvgIpc) is 3.23. The van der Waals surface area contributed by atoms with Crippen LogP contribution in [-0.4, -0.2) is 40.7 Å². The van der Waals surface area contributed by atoms with E-state index in [4.69, 9.17) is 26.2 Å². The van der Waals surface area contributed by atoms with Gasteiger partial charge >= 0.3 is 5.97 Å². The number of nitrogens with zero attached hydrogens (tertiary/aromatic N) is 2. The highest BCUT2D eigenvalue weighted by Gasteiger charge is 2.41. The van der Waals surface area contributed by atoms with Crippen LogP contribution in [0.4, 0.5) is 0 Å². The summed E-state index contributed by atoms with van der Waals surface area (Å²) in [4.78, 5) is 10.6. The van der Waals surface area contributed by atoms with Gasteiger partial charge in [-0.3, -0.25) is 0 Å². The second kappa shape index (κ2) is 7.46. The van der Waals surface area contributed by atoms with Gasteiger partial charge in [0.2, 0.25) is 0 Å². The maximum Gasteiger partial charge on any atom is 0.329 e. The Bertz CT molecular complexity index is 834. The molecule has 0 amide bonds. The molecule has 26 heavy (non-hydrogen) atoms. The number of carboxylic acid groups (broad SMARTS) is 1. The highest BCUT2D eigenvalue weighted by atomic mass is 79.9. The van der Waals surface area contributed by atoms with Gasteiger partial charge in [-0.15, -0.1) is 0 Å². The molecule has 1 unspecified atom stereocenters. The molecule has 2 heterocycles. The van der Waals surface area contributed by atoms with Crippen LogP contribution in [-0.2, 0) is 14.3 Å². The fourth-order valence-corrected chi connectivity index (χ4v) is 4.97. The van der Waals surface area contributed by atoms with E-state index in [1.54, 1.807) is 0 Å². The standard InChI is InChI=1S/C18H20BrClN2O4/c19-18-12-7-21-22(15-3-1-2-4-26-15)14(12)6-13(20)17(18)11-5-10(11)8-25-9-16(23)24/h6-7,10-11,15H,1-5,8-9H2,(H,23,24)/t10-,11-,15?/m1/s1. The van der Waals surface area contributed by atoms with E-state index in [9.17, 15) is 4.79 Å². The lowest BCUT2D eigenvalue weighted by Crippen LogP contribution is -2.19. The Labute approximate surface area is 164 Å². The molecular weight excluding hydrogens is 424 g/mol. The fourth-order valence-electron chi connectivity index (χ4n) is 3.70. The van der Waals surface area contributed by atoms with Crippen LogP contribution in [0, 0.1) is 5.92 Å². The third-order valence-corrected chi connectivity index (χ3v) is 6.27. The SMILES string of the molecule is O=C(O)COC[C@H]1C[C@H]1c1c(Cl)cc2c(cnn2C2CCCCO2)c1Br. The Balaban J connectivity index is 1.57. The molecule has 0 bridgehead atoms. The molecule has 1 aliphatic heterocycles. The zero-order valence-electron chi connectivity index (χ0n) is 14.2. The van der Waals surface area contributed by atoms with Gasteiger partial charge in [0.1, 0.15) is 6.61 Å². The number of hydrogen-bond donors (Lipinski definition) is 1. The quantitative estimate of drug-likeness (QED) is 0.718. The molecule has 140 valence electrons. The average molecular weight is 444 g/mol. The first-order valence-electron chi connectivity index (χ1n) is 8.82. The van der Waals surface area contributed by atoms with Gasteiger partial charge in [0.15, 0.2) is 6.23 Å². The molecule has 1 saturated carbocycles. The Hall–Kier alpha value is -1.15. The lowest BCUT2D eigenvalue weighted by atomic mass is 10.1. The maximum absolute atomic E-state index is 10.6. The molecule has 1 aromatic heterocycles. The molecular formula is C18H20BrClN2O4. The minimum absolute atomic E-state index is 0.0341. The lowest BCUT2D eigenvalue weighted by molar-refractivity contribution is -0.142. The van der Waals surface area contributed by atoms with Crippen molar-refractivity contribution in [1.82, 2.24) is 9.78 Å². The number of fused-ring (bicyclic) bond motifs is 1. The van der Waals surface area contributed by atoms with Gasteiger partial charge in [0.25, 0.3) is 0 Å². The zero-order chi connectivity index (χ0) is 18.3. The van der Waals surface area contributed by atoms with Crippen LogP contribution in [0.5, 0.6) is 0 Å². The number of rotatable bonds is 6. The van der Waals surface area contributed by atoms with Gasteiger partial charge < -0.3 is 14.6 Å². The van der Waals surface area contributed by atoms with E-state index in [2.05, 4.69) is 21.0 Å². The number of ether oxygens (including phenoxy) is 2. The molecule has 3 atom stereocenters. The summed E-state index contributed by atoms with van der Waals surface area (Å²) in [6, 6.07) is 1.97. The lowest BCUT2D eigenvalue weighted by Gasteiger charge is -2.23. The van der Waals surface area contributed by atoms with Crippen molar-refractivity contribution in [3.8, 4) is 0 Å². The summed E-state index contributed by atoms with van der Waals surface area (Å²) in [5, 5.41) is 14.9. The molecule has 2 aliphatic rings. The second-order valence-electron chi connectivity index (χ2n) is 6.94. The van der Waals surface area contributed by atoms with E-state index >= 15 is 0 Å². The monoisotopic (exact) mass is 442 g/mol. The molecule has 2 aromatic rings. The van der Waals surface area contributed by atoms with Gasteiger partial charge in [-0.25, -0.2) is 9.48 Å². The predicted octanol–water partition coefficient (Wildman–Crippen LogP) is 4.36. The number of aliphatic carboxylic acids is 1.